The van der Waals surface area contributed by atoms with Crippen LogP contribution in [0.3, 0.4) is 0 Å². The van der Waals surface area contributed by atoms with Crippen molar-refractivity contribution in [2.24, 2.45) is 0 Å². The van der Waals surface area contributed by atoms with E-state index in [1.54, 1.807) is 0 Å². The van der Waals surface area contributed by atoms with Gasteiger partial charge in [-0.2, -0.15) is 0 Å². The first kappa shape index (κ1) is 36.2. The number of fused-ring (bicyclic) bond motifs is 21. The normalized spacial score (nSPS) is 15.9. The van der Waals surface area contributed by atoms with E-state index in [0.29, 0.717) is 0 Å². The zero-order valence-electron chi connectivity index (χ0n) is 36.7. The van der Waals surface area contributed by atoms with Gasteiger partial charge in [-0.25, -0.2) is 0 Å². The number of para-hydroxylation sites is 3. The van der Waals surface area contributed by atoms with Crippen LogP contribution in [0, 0.1) is 0 Å². The van der Waals surface area contributed by atoms with E-state index in [1.165, 1.54) is 115 Å². The van der Waals surface area contributed by atoms with Gasteiger partial charge in [0.15, 0.2) is 0 Å². The van der Waals surface area contributed by atoms with E-state index in [0.717, 1.165) is 17.1 Å². The van der Waals surface area contributed by atoms with Gasteiger partial charge in [-0.05, 0) is 136 Å². The third-order valence-corrected chi connectivity index (χ3v) is 15.7. The largest absolute Gasteiger partial charge is 0.310 e. The minimum atomic E-state index is -0.512. The molecule has 3 aliphatic rings. The maximum atomic E-state index is 2.53. The topological polar surface area (TPSA) is 8.17 Å². The summed E-state index contributed by atoms with van der Waals surface area (Å²) < 4.78 is 2.53. The minimum Gasteiger partial charge on any atom is -0.310 e. The molecule has 0 radical (unpaired) electrons. The van der Waals surface area contributed by atoms with Gasteiger partial charge in [-0.1, -0.05) is 184 Å². The molecule has 0 saturated carbocycles. The van der Waals surface area contributed by atoms with Crippen LogP contribution >= 0.6 is 0 Å². The molecule has 1 aliphatic heterocycles. The fraction of sp³-hybridized carbons (Fsp3) is 0.0625. The first-order valence-corrected chi connectivity index (χ1v) is 23.3. The average molecular weight is 839 g/mol. The molecule has 2 heteroatoms. The number of nitrogens with zero attached hydrogens (tertiary/aromatic N) is 2. The molecule has 0 fully saturated rings. The lowest BCUT2D eigenvalue weighted by atomic mass is 9.65. The molecule has 0 bridgehead atoms. The summed E-state index contributed by atoms with van der Waals surface area (Å²) in [6.45, 7) is 4.76. The molecular formula is C64H42N2. The van der Waals surface area contributed by atoms with Crippen LogP contribution in [0.1, 0.15) is 47.2 Å². The molecule has 1 atom stereocenters. The zero-order chi connectivity index (χ0) is 43.5. The first-order chi connectivity index (χ1) is 32.5. The van der Waals surface area contributed by atoms with Crippen LogP contribution in [0.2, 0.25) is 0 Å². The maximum Gasteiger partial charge on any atom is 0.0754 e. The Labute approximate surface area is 383 Å². The molecule has 308 valence electrons. The smallest absolute Gasteiger partial charge is 0.0754 e. The summed E-state index contributed by atoms with van der Waals surface area (Å²) in [6.07, 6.45) is 0. The lowest BCUT2D eigenvalue weighted by Gasteiger charge is -2.39. The molecule has 0 amide bonds. The number of anilines is 3. The second-order valence-electron chi connectivity index (χ2n) is 19.2. The lowest BCUT2D eigenvalue weighted by Crippen LogP contribution is -2.33. The van der Waals surface area contributed by atoms with Crippen molar-refractivity contribution in [1.29, 1.82) is 0 Å². The average Bonchev–Trinajstić information content (AvgIpc) is 3.95. The van der Waals surface area contributed by atoms with E-state index in [2.05, 4.69) is 242 Å². The SMILES string of the molecule is CC1(C)c2ccccc2-c2ccc(N(c3ccc4c(c3)-c3ccccc3C43c4ccccc4-n4c5ccccc5c5cccc3c54)c3ccc4c5ccccc5c5ccccc5c4c3)cc21. The highest BCUT2D eigenvalue weighted by Crippen LogP contribution is 2.62. The van der Waals surface area contributed by atoms with Crippen molar-refractivity contribution in [3.8, 4) is 27.9 Å². The van der Waals surface area contributed by atoms with Crippen LogP contribution in [-0.4, -0.2) is 4.57 Å². The Kier molecular flexibility index (Phi) is 6.98. The van der Waals surface area contributed by atoms with E-state index >= 15 is 0 Å². The van der Waals surface area contributed by atoms with Gasteiger partial charge in [0, 0.05) is 33.2 Å². The van der Waals surface area contributed by atoms with E-state index in [-0.39, 0.29) is 5.41 Å². The molecule has 1 spiro atoms. The molecule has 0 N–H and O–H groups in total. The second kappa shape index (κ2) is 12.7. The standard InChI is InChI=1S/C64H42N2/c1-63(2)54-24-10-7-20-47(54)49-34-31-41(38-59(49)63)65(39-30-33-46-44-18-4-3-16-42(44)43-17-5-6-19-45(43)52(46)36-39)40-32-35-56-53(37-40)48-21-8-11-25-55(48)64(56)57-26-12-14-29-61(57)66-60-28-13-9-22-50(60)51-23-15-27-58(64)62(51)66/h3-38H,1-2H3. The van der Waals surface area contributed by atoms with Crippen molar-refractivity contribution < 1.29 is 0 Å². The molecule has 15 rings (SSSR count). The summed E-state index contributed by atoms with van der Waals surface area (Å²) in [7, 11) is 0. The molecule has 2 aliphatic carbocycles. The van der Waals surface area contributed by atoms with Gasteiger partial charge in [0.1, 0.15) is 0 Å². The fourth-order valence-corrected chi connectivity index (χ4v) is 13.0. The van der Waals surface area contributed by atoms with Crippen molar-refractivity contribution in [2.75, 3.05) is 4.90 Å². The van der Waals surface area contributed by atoms with Crippen LogP contribution in [0.4, 0.5) is 17.1 Å². The van der Waals surface area contributed by atoms with Gasteiger partial charge in [0.2, 0.25) is 0 Å². The summed E-state index contributed by atoms with van der Waals surface area (Å²) in [5.41, 5.74) is 19.8. The third kappa shape index (κ3) is 4.42. The number of rotatable bonds is 3. The van der Waals surface area contributed by atoms with Crippen LogP contribution in [-0.2, 0) is 10.8 Å². The zero-order valence-corrected chi connectivity index (χ0v) is 36.7. The van der Waals surface area contributed by atoms with Crippen LogP contribution in [0.15, 0.2) is 218 Å². The Hall–Kier alpha value is -8.20. The van der Waals surface area contributed by atoms with Crippen molar-refractivity contribution in [3.63, 3.8) is 0 Å². The molecule has 1 unspecified atom stereocenters. The molecule has 0 saturated heterocycles. The van der Waals surface area contributed by atoms with Crippen molar-refractivity contribution in [3.05, 3.63) is 252 Å². The predicted octanol–water partition coefficient (Wildman–Crippen LogP) is 16.7. The Morgan fingerprint density at radius 2 is 0.818 bits per heavy atom. The molecule has 66 heavy (non-hydrogen) atoms. The van der Waals surface area contributed by atoms with E-state index in [4.69, 9.17) is 0 Å². The van der Waals surface area contributed by atoms with E-state index < -0.39 is 5.41 Å². The highest BCUT2D eigenvalue weighted by Gasteiger charge is 2.51. The van der Waals surface area contributed by atoms with Crippen LogP contribution in [0.25, 0.3) is 82.1 Å². The molecular weight excluding hydrogens is 797 g/mol. The highest BCUT2D eigenvalue weighted by molar-refractivity contribution is 6.26. The summed E-state index contributed by atoms with van der Waals surface area (Å²) >= 11 is 0. The summed E-state index contributed by atoms with van der Waals surface area (Å²) in [4.78, 5) is 2.52. The lowest BCUT2D eigenvalue weighted by molar-refractivity contribution is 0.660. The van der Waals surface area contributed by atoms with Gasteiger partial charge >= 0.3 is 0 Å². The van der Waals surface area contributed by atoms with Gasteiger partial charge in [0.05, 0.1) is 22.1 Å². The van der Waals surface area contributed by atoms with Crippen LogP contribution in [0.5, 0.6) is 0 Å². The summed E-state index contributed by atoms with van der Waals surface area (Å²) in [5, 5.41) is 10.2. The van der Waals surface area contributed by atoms with Gasteiger partial charge < -0.3 is 9.47 Å². The second-order valence-corrected chi connectivity index (χ2v) is 19.2. The Morgan fingerprint density at radius 3 is 1.59 bits per heavy atom. The van der Waals surface area contributed by atoms with Gasteiger partial charge in [-0.3, -0.25) is 0 Å². The number of benzene rings is 11. The van der Waals surface area contributed by atoms with E-state index in [9.17, 15) is 0 Å². The van der Waals surface area contributed by atoms with Gasteiger partial charge in [-0.15, -0.1) is 0 Å². The van der Waals surface area contributed by atoms with E-state index in [1.807, 2.05) is 0 Å². The summed E-state index contributed by atoms with van der Waals surface area (Å²) in [5.74, 6) is 0. The number of aromatic nitrogens is 1. The number of hydrogen-bond acceptors (Lipinski definition) is 1. The molecule has 12 aromatic rings. The van der Waals surface area contributed by atoms with Crippen molar-refractivity contribution in [2.45, 2.75) is 24.7 Å². The molecule has 11 aromatic carbocycles. The minimum absolute atomic E-state index is 0.146. The number of hydrogen-bond donors (Lipinski definition) is 0. The molecule has 2 nitrogen and oxygen atoms in total. The predicted molar refractivity (Wildman–Crippen MR) is 276 cm³/mol. The molecule has 2 heterocycles. The van der Waals surface area contributed by atoms with Crippen molar-refractivity contribution in [1.82, 2.24) is 4.57 Å². The summed E-state index contributed by atoms with van der Waals surface area (Å²) in [6, 6.07) is 82.7. The monoisotopic (exact) mass is 838 g/mol. The van der Waals surface area contributed by atoms with Crippen LogP contribution < -0.4 is 4.90 Å². The Morgan fingerprint density at radius 1 is 0.318 bits per heavy atom. The first-order valence-electron chi connectivity index (χ1n) is 23.3. The Bertz CT molecular complexity index is 4070. The fourth-order valence-electron chi connectivity index (χ4n) is 13.0. The highest BCUT2D eigenvalue weighted by atomic mass is 15.1. The van der Waals surface area contributed by atoms with Crippen molar-refractivity contribution >= 4 is 71.2 Å². The van der Waals surface area contributed by atoms with Gasteiger partial charge in [0.25, 0.3) is 0 Å². The Balaban J connectivity index is 1.01. The molecule has 1 aromatic heterocycles. The quantitative estimate of drug-likeness (QED) is 0.161. The maximum absolute atomic E-state index is 2.53. The third-order valence-electron chi connectivity index (χ3n) is 15.7.